The Kier molecular flexibility index (Phi) is 3.16. The van der Waals surface area contributed by atoms with Crippen LogP contribution in [0.15, 0.2) is 29.2 Å². The van der Waals surface area contributed by atoms with E-state index in [-0.39, 0.29) is 5.41 Å². The fraction of sp³-hybridized carbons (Fsp3) is 0.600. The van der Waals surface area contributed by atoms with Crippen molar-refractivity contribution in [2.45, 2.75) is 30.1 Å². The molecule has 3 heteroatoms. The van der Waals surface area contributed by atoms with Crippen LogP contribution in [0, 0.1) is 5.41 Å². The van der Waals surface area contributed by atoms with Crippen molar-refractivity contribution in [1.29, 1.82) is 0 Å². The van der Waals surface area contributed by atoms with Crippen LogP contribution in [-0.4, -0.2) is 25.5 Å². The second-order valence-electron chi connectivity index (χ2n) is 5.52. The molecule has 0 bridgehead atoms. The van der Waals surface area contributed by atoms with E-state index in [1.54, 1.807) is 0 Å². The Morgan fingerprint density at radius 3 is 2.28 bits per heavy atom. The average molecular weight is 263 g/mol. The van der Waals surface area contributed by atoms with E-state index in [1.807, 2.05) is 11.8 Å². The van der Waals surface area contributed by atoms with Crippen molar-refractivity contribution in [3.63, 3.8) is 0 Å². The quantitative estimate of drug-likeness (QED) is 0.830. The highest BCUT2D eigenvalue weighted by atomic mass is 32.2. The molecule has 2 N–H and O–H groups in total. The molecule has 3 rings (SSSR count). The normalized spacial score (nSPS) is 23.4. The van der Waals surface area contributed by atoms with E-state index in [0.717, 1.165) is 25.5 Å². The summed E-state index contributed by atoms with van der Waals surface area (Å²) in [7, 11) is 0. The fourth-order valence-electron chi connectivity index (χ4n) is 3.15. The zero-order chi connectivity index (χ0) is 12.6. The van der Waals surface area contributed by atoms with Crippen LogP contribution < -0.4 is 5.73 Å². The lowest BCUT2D eigenvalue weighted by Crippen LogP contribution is -2.55. The number of nitrogens with two attached hydrogens (primary N) is 1. The molecule has 0 aromatic heterocycles. The maximum absolute atomic E-state index is 6.02. The highest BCUT2D eigenvalue weighted by Gasteiger charge is 2.62. The van der Waals surface area contributed by atoms with Gasteiger partial charge in [0, 0.05) is 10.3 Å². The zero-order valence-electron chi connectivity index (χ0n) is 10.9. The van der Waals surface area contributed by atoms with Gasteiger partial charge in [0.15, 0.2) is 0 Å². The predicted octanol–water partition coefficient (Wildman–Crippen LogP) is 2.81. The molecule has 0 unspecified atom stereocenters. The molecule has 18 heavy (non-hydrogen) atoms. The third kappa shape index (κ3) is 1.72. The molecule has 1 aliphatic carbocycles. The highest BCUT2D eigenvalue weighted by molar-refractivity contribution is 7.99. The monoisotopic (exact) mass is 263 g/mol. The Morgan fingerprint density at radius 1 is 1.22 bits per heavy atom. The Labute approximate surface area is 113 Å². The molecular weight excluding hydrogens is 242 g/mol. The van der Waals surface area contributed by atoms with E-state index >= 15 is 0 Å². The molecule has 1 aromatic carbocycles. The van der Waals surface area contributed by atoms with Crippen molar-refractivity contribution in [2.24, 2.45) is 11.1 Å². The third-order valence-electron chi connectivity index (χ3n) is 4.67. The van der Waals surface area contributed by atoms with Crippen molar-refractivity contribution in [3.8, 4) is 0 Å². The van der Waals surface area contributed by atoms with Gasteiger partial charge in [0.2, 0.25) is 0 Å². The third-order valence-corrected chi connectivity index (χ3v) is 5.57. The second kappa shape index (κ2) is 4.55. The standard InChI is InChI=1S/C15H21NOS/c1-2-18-13-5-3-12(4-6-13)15(10-17-11-15)14(9-16)7-8-14/h3-6H,2,7-11,16H2,1H3. The fourth-order valence-corrected chi connectivity index (χ4v) is 3.81. The minimum atomic E-state index is 0.206. The van der Waals surface area contributed by atoms with Gasteiger partial charge in [0.05, 0.1) is 13.2 Å². The van der Waals surface area contributed by atoms with Gasteiger partial charge >= 0.3 is 0 Å². The van der Waals surface area contributed by atoms with Crippen molar-refractivity contribution >= 4 is 11.8 Å². The van der Waals surface area contributed by atoms with Gasteiger partial charge in [-0.2, -0.15) is 0 Å². The smallest absolute Gasteiger partial charge is 0.0591 e. The van der Waals surface area contributed by atoms with Gasteiger partial charge in [-0.1, -0.05) is 19.1 Å². The first kappa shape index (κ1) is 12.5. The lowest BCUT2D eigenvalue weighted by Gasteiger charge is -2.48. The minimum absolute atomic E-state index is 0.206. The van der Waals surface area contributed by atoms with E-state index in [4.69, 9.17) is 10.5 Å². The van der Waals surface area contributed by atoms with Crippen LogP contribution in [0.2, 0.25) is 0 Å². The number of hydrogen-bond acceptors (Lipinski definition) is 3. The van der Waals surface area contributed by atoms with Gasteiger partial charge in [-0.05, 0) is 48.3 Å². The SMILES string of the molecule is CCSc1ccc(C2(C3(CN)CC3)COC2)cc1. The van der Waals surface area contributed by atoms with Gasteiger partial charge in [-0.3, -0.25) is 0 Å². The molecular formula is C15H21NOS. The van der Waals surface area contributed by atoms with Crippen molar-refractivity contribution < 1.29 is 4.74 Å². The summed E-state index contributed by atoms with van der Waals surface area (Å²) in [5.74, 6) is 1.13. The molecule has 2 fully saturated rings. The van der Waals surface area contributed by atoms with Crippen LogP contribution in [0.3, 0.4) is 0 Å². The van der Waals surface area contributed by atoms with Crippen LogP contribution in [0.4, 0.5) is 0 Å². The summed E-state index contributed by atoms with van der Waals surface area (Å²) >= 11 is 1.89. The van der Waals surface area contributed by atoms with Crippen molar-refractivity contribution in [3.05, 3.63) is 29.8 Å². The summed E-state index contributed by atoms with van der Waals surface area (Å²) in [5.41, 5.74) is 7.98. The Balaban J connectivity index is 1.88. The van der Waals surface area contributed by atoms with E-state index in [9.17, 15) is 0 Å². The molecule has 1 aliphatic heterocycles. The maximum atomic E-state index is 6.02. The Morgan fingerprint density at radius 2 is 1.89 bits per heavy atom. The first-order valence-electron chi connectivity index (χ1n) is 6.77. The van der Waals surface area contributed by atoms with E-state index in [0.29, 0.717) is 5.41 Å². The molecule has 1 aromatic rings. The Hall–Kier alpha value is -0.510. The molecule has 98 valence electrons. The van der Waals surface area contributed by atoms with Gasteiger partial charge in [0.1, 0.15) is 0 Å². The van der Waals surface area contributed by atoms with Crippen LogP contribution in [0.1, 0.15) is 25.3 Å². The summed E-state index contributed by atoms with van der Waals surface area (Å²) in [6.07, 6.45) is 2.52. The summed E-state index contributed by atoms with van der Waals surface area (Å²) < 4.78 is 5.54. The van der Waals surface area contributed by atoms with Crippen LogP contribution >= 0.6 is 11.8 Å². The summed E-state index contributed by atoms with van der Waals surface area (Å²) in [6.45, 7) is 4.68. The lowest BCUT2D eigenvalue weighted by atomic mass is 9.66. The van der Waals surface area contributed by atoms with Crippen LogP contribution in [0.5, 0.6) is 0 Å². The molecule has 2 aliphatic rings. The summed E-state index contributed by atoms with van der Waals surface area (Å²) in [4.78, 5) is 1.36. The first-order valence-corrected chi connectivity index (χ1v) is 7.76. The zero-order valence-corrected chi connectivity index (χ0v) is 11.8. The summed E-state index contributed by atoms with van der Waals surface area (Å²) in [5, 5.41) is 0. The average Bonchev–Trinajstić information content (AvgIpc) is 3.12. The van der Waals surface area contributed by atoms with Gasteiger partial charge in [-0.25, -0.2) is 0 Å². The van der Waals surface area contributed by atoms with Gasteiger partial charge in [0.25, 0.3) is 0 Å². The van der Waals surface area contributed by atoms with Gasteiger partial charge < -0.3 is 10.5 Å². The van der Waals surface area contributed by atoms with E-state index in [2.05, 4.69) is 31.2 Å². The van der Waals surface area contributed by atoms with Gasteiger partial charge in [-0.15, -0.1) is 11.8 Å². The van der Waals surface area contributed by atoms with Crippen LogP contribution in [0.25, 0.3) is 0 Å². The molecule has 0 spiro atoms. The Bertz CT molecular complexity index is 421. The molecule has 1 saturated heterocycles. The first-order chi connectivity index (χ1) is 8.76. The summed E-state index contributed by atoms with van der Waals surface area (Å²) in [6, 6.07) is 9.07. The van der Waals surface area contributed by atoms with E-state index < -0.39 is 0 Å². The van der Waals surface area contributed by atoms with Crippen molar-refractivity contribution in [2.75, 3.05) is 25.5 Å². The largest absolute Gasteiger partial charge is 0.379 e. The molecule has 1 saturated carbocycles. The molecule has 0 atom stereocenters. The lowest BCUT2D eigenvalue weighted by molar-refractivity contribution is -0.0973. The van der Waals surface area contributed by atoms with Crippen LogP contribution in [-0.2, 0) is 10.2 Å². The van der Waals surface area contributed by atoms with Crippen molar-refractivity contribution in [1.82, 2.24) is 0 Å². The van der Waals surface area contributed by atoms with E-state index in [1.165, 1.54) is 23.3 Å². The minimum Gasteiger partial charge on any atom is -0.379 e. The molecule has 0 radical (unpaired) electrons. The number of hydrogen-bond donors (Lipinski definition) is 1. The molecule has 2 nitrogen and oxygen atoms in total. The molecule has 0 amide bonds. The highest BCUT2D eigenvalue weighted by Crippen LogP contribution is 2.61. The predicted molar refractivity (Wildman–Crippen MR) is 76.1 cm³/mol. The number of ether oxygens (including phenoxy) is 1. The second-order valence-corrected chi connectivity index (χ2v) is 6.85. The number of thioether (sulfide) groups is 1. The molecule has 1 heterocycles. The number of rotatable bonds is 5. The number of benzene rings is 1. The maximum Gasteiger partial charge on any atom is 0.0591 e. The topological polar surface area (TPSA) is 35.2 Å².